The molecule has 5 aromatic rings. The van der Waals surface area contributed by atoms with Crippen LogP contribution in [0.2, 0.25) is 0 Å². The molecule has 0 radical (unpaired) electrons. The Morgan fingerprint density at radius 1 is 1.07 bits per heavy atom. The van der Waals surface area contributed by atoms with Crippen molar-refractivity contribution in [2.75, 3.05) is 25.1 Å². The maximum atomic E-state index is 14.8. The topological polar surface area (TPSA) is 73.0 Å². The Morgan fingerprint density at radius 3 is 2.59 bits per heavy atom. The minimum absolute atomic E-state index is 0.0991. The van der Waals surface area contributed by atoms with E-state index in [0.717, 1.165) is 11.3 Å². The van der Waals surface area contributed by atoms with Gasteiger partial charge >= 0.3 is 5.97 Å². The molecule has 1 saturated heterocycles. The molecule has 0 amide bonds. The van der Waals surface area contributed by atoms with Crippen LogP contribution in [0.25, 0.3) is 38.1 Å². The lowest BCUT2D eigenvalue weighted by atomic mass is 9.97. The van der Waals surface area contributed by atoms with Gasteiger partial charge in [0.2, 0.25) is 5.00 Å². The molecular weight excluding hydrogens is 561 g/mol. The molecule has 7 nitrogen and oxygen atoms in total. The molecule has 3 aromatic carbocycles. The monoisotopic (exact) mass is 585 g/mol. The molecule has 0 atom stereocenters. The van der Waals surface area contributed by atoms with E-state index in [1.54, 1.807) is 35.7 Å². The molecule has 1 aliphatic rings. The van der Waals surface area contributed by atoms with E-state index in [1.165, 1.54) is 40.6 Å². The number of fused-ring (bicyclic) bond motifs is 1. The molecule has 0 bridgehead atoms. The second-order valence-electron chi connectivity index (χ2n) is 9.90. The van der Waals surface area contributed by atoms with Crippen molar-refractivity contribution in [1.82, 2.24) is 3.97 Å². The first-order chi connectivity index (χ1) is 19.7. The number of aromatic nitrogens is 1. The quantitative estimate of drug-likeness (QED) is 0.160. The van der Waals surface area contributed by atoms with Gasteiger partial charge in [-0.05, 0) is 60.3 Å². The zero-order valence-corrected chi connectivity index (χ0v) is 23.8. The Bertz CT molecular complexity index is 1980. The Hall–Kier alpha value is -4.46. The molecule has 0 saturated carbocycles. The highest BCUT2D eigenvalue weighted by Crippen LogP contribution is 2.48. The van der Waals surface area contributed by atoms with E-state index in [9.17, 15) is 17.6 Å². The lowest BCUT2D eigenvalue weighted by molar-refractivity contribution is -0.146. The van der Waals surface area contributed by atoms with Crippen LogP contribution in [0.3, 0.4) is 0 Å². The second kappa shape index (κ2) is 10.2. The summed E-state index contributed by atoms with van der Waals surface area (Å²) in [5.41, 5.74) is 3.81. The van der Waals surface area contributed by atoms with Gasteiger partial charge in [0.25, 0.3) is 10.0 Å². The number of methoxy groups -OCH3 is 1. The highest BCUT2D eigenvalue weighted by molar-refractivity contribution is 7.90. The minimum Gasteiger partial charge on any atom is -0.469 e. The predicted octanol–water partition coefficient (Wildman–Crippen LogP) is 6.88. The van der Waals surface area contributed by atoms with E-state index in [0.29, 0.717) is 51.4 Å². The number of carbonyl (C=O) groups is 1. The van der Waals surface area contributed by atoms with Gasteiger partial charge in [0.15, 0.2) is 0 Å². The fourth-order valence-electron chi connectivity index (χ4n) is 5.33. The highest BCUT2D eigenvalue weighted by Gasteiger charge is 2.35. The van der Waals surface area contributed by atoms with E-state index in [-0.39, 0.29) is 16.8 Å². The summed E-state index contributed by atoms with van der Waals surface area (Å²) >= 11 is 1.24. The fourth-order valence-corrected chi connectivity index (χ4v) is 7.67. The van der Waals surface area contributed by atoms with Crippen LogP contribution >= 0.6 is 11.3 Å². The molecule has 0 aliphatic carbocycles. The number of aryl methyl sites for hydroxylation is 1. The molecule has 3 heterocycles. The van der Waals surface area contributed by atoms with Crippen molar-refractivity contribution in [1.29, 1.82) is 0 Å². The zero-order chi connectivity index (χ0) is 28.9. The number of thiophene rings is 1. The van der Waals surface area contributed by atoms with Crippen LogP contribution in [0.4, 0.5) is 15.1 Å². The van der Waals surface area contributed by atoms with Gasteiger partial charge in [0, 0.05) is 40.9 Å². The smallest absolute Gasteiger partial charge is 0.312 e. The summed E-state index contributed by atoms with van der Waals surface area (Å²) < 4.78 is 49.7. The molecule has 0 N–H and O–H groups in total. The van der Waals surface area contributed by atoms with Crippen LogP contribution in [0.1, 0.15) is 5.56 Å². The van der Waals surface area contributed by atoms with Crippen molar-refractivity contribution >= 4 is 48.9 Å². The summed E-state index contributed by atoms with van der Waals surface area (Å²) in [5, 5.41) is 2.54. The molecule has 2 aromatic heterocycles. The lowest BCUT2D eigenvalue weighted by Crippen LogP contribution is -2.50. The Labute approximate surface area is 240 Å². The van der Waals surface area contributed by atoms with E-state index in [4.69, 9.17) is 11.3 Å². The Morgan fingerprint density at radius 2 is 1.85 bits per heavy atom. The number of carbonyl (C=O) groups excluding carboxylic acids is 1. The first-order valence-electron chi connectivity index (χ1n) is 12.8. The molecule has 10 heteroatoms. The normalized spacial score (nSPS) is 13.7. The van der Waals surface area contributed by atoms with Gasteiger partial charge in [-0.15, -0.1) is 0 Å². The molecule has 206 valence electrons. The maximum absolute atomic E-state index is 14.8. The lowest BCUT2D eigenvalue weighted by Gasteiger charge is -2.39. The van der Waals surface area contributed by atoms with Crippen LogP contribution in [0, 0.1) is 25.2 Å². The number of hydrogen-bond acceptors (Lipinski definition) is 6. The molecule has 1 fully saturated rings. The third kappa shape index (κ3) is 4.47. The van der Waals surface area contributed by atoms with Gasteiger partial charge in [0.1, 0.15) is 5.82 Å². The first-order valence-corrected chi connectivity index (χ1v) is 15.1. The van der Waals surface area contributed by atoms with Crippen molar-refractivity contribution in [3.05, 3.63) is 101 Å². The summed E-state index contributed by atoms with van der Waals surface area (Å²) in [7, 11) is -2.81. The van der Waals surface area contributed by atoms with Crippen LogP contribution < -0.4 is 4.90 Å². The van der Waals surface area contributed by atoms with E-state index in [1.807, 2.05) is 36.1 Å². The van der Waals surface area contributed by atoms with Gasteiger partial charge in [0.05, 0.1) is 35.7 Å². The number of ether oxygens (including phenoxy) is 1. The number of benzene rings is 3. The van der Waals surface area contributed by atoms with Crippen LogP contribution in [0.5, 0.6) is 0 Å². The highest BCUT2D eigenvalue weighted by atomic mass is 32.2. The third-order valence-corrected chi connectivity index (χ3v) is 9.85. The Balaban J connectivity index is 1.65. The van der Waals surface area contributed by atoms with Crippen molar-refractivity contribution in [3.8, 4) is 22.4 Å². The van der Waals surface area contributed by atoms with Gasteiger partial charge in [-0.1, -0.05) is 30.3 Å². The zero-order valence-electron chi connectivity index (χ0n) is 22.2. The van der Waals surface area contributed by atoms with E-state index >= 15 is 0 Å². The van der Waals surface area contributed by atoms with Crippen molar-refractivity contribution in [2.45, 2.75) is 11.8 Å². The van der Waals surface area contributed by atoms with Gasteiger partial charge < -0.3 is 9.64 Å². The van der Waals surface area contributed by atoms with Crippen molar-refractivity contribution in [2.24, 2.45) is 5.92 Å². The van der Waals surface area contributed by atoms with Gasteiger partial charge in [-0.3, -0.25) is 4.79 Å². The number of nitrogens with zero attached hydrogens (tertiary/aromatic N) is 3. The molecule has 0 spiro atoms. The number of rotatable bonds is 6. The number of halogens is 1. The fraction of sp³-hybridized carbons (Fsp3) is 0.161. The van der Waals surface area contributed by atoms with Crippen LogP contribution in [-0.4, -0.2) is 38.6 Å². The molecular formula is C31H24FN3O4S2. The minimum atomic E-state index is -4.17. The maximum Gasteiger partial charge on any atom is 0.312 e. The van der Waals surface area contributed by atoms with Crippen molar-refractivity contribution in [3.63, 3.8) is 0 Å². The first kappa shape index (κ1) is 26.7. The van der Waals surface area contributed by atoms with Gasteiger partial charge in [-0.25, -0.2) is 21.6 Å². The predicted molar refractivity (Wildman–Crippen MR) is 158 cm³/mol. The van der Waals surface area contributed by atoms with Gasteiger partial charge in [-0.2, -0.15) is 11.3 Å². The SMILES string of the molecule is [C-]#[N+]c1sccc1-c1c(-c2cccc(N3CC(C(=O)OC)C3)c2)n(S(=O)(=O)c2cccc(C)c2)c2ccc(F)cc12. The Kier molecular flexibility index (Phi) is 6.64. The number of anilines is 1. The third-order valence-electron chi connectivity index (χ3n) is 7.33. The summed E-state index contributed by atoms with van der Waals surface area (Å²) in [4.78, 5) is 17.8. The summed E-state index contributed by atoms with van der Waals surface area (Å²) in [6.45, 7) is 10.5. The van der Waals surface area contributed by atoms with Crippen molar-refractivity contribution < 1.29 is 22.3 Å². The van der Waals surface area contributed by atoms with E-state index in [2.05, 4.69) is 4.85 Å². The standard InChI is InChI=1S/C31H24FN3O4S2/c1-19-6-4-9-24(14-19)41(37,38)35-27-11-10-22(32)16-26(27)28(25-12-13-40-30(25)33-2)29(35)20-7-5-8-23(15-20)34-17-21(18-34)31(36)39-3/h4-16,21H,17-18H2,1,3H3. The molecule has 6 rings (SSSR count). The summed E-state index contributed by atoms with van der Waals surface area (Å²) in [5.74, 6) is -1.02. The van der Waals surface area contributed by atoms with Crippen LogP contribution in [-0.2, 0) is 19.6 Å². The molecule has 0 unspecified atom stereocenters. The molecule has 41 heavy (non-hydrogen) atoms. The average molecular weight is 586 g/mol. The second-order valence-corrected chi connectivity index (χ2v) is 12.6. The van der Waals surface area contributed by atoms with E-state index < -0.39 is 15.8 Å². The average Bonchev–Trinajstić information content (AvgIpc) is 3.54. The molecule has 1 aliphatic heterocycles. The summed E-state index contributed by atoms with van der Waals surface area (Å²) in [6.07, 6.45) is 0. The summed E-state index contributed by atoms with van der Waals surface area (Å²) in [6, 6.07) is 19.8. The number of esters is 1. The largest absolute Gasteiger partial charge is 0.469 e. The van der Waals surface area contributed by atoms with Crippen LogP contribution in [0.15, 0.2) is 83.1 Å². The number of hydrogen-bond donors (Lipinski definition) is 0.